The van der Waals surface area contributed by atoms with Crippen molar-refractivity contribution < 1.29 is 4.74 Å². The molecule has 3 heterocycles. The predicted octanol–water partition coefficient (Wildman–Crippen LogP) is 2.23. The van der Waals surface area contributed by atoms with Gasteiger partial charge in [0.2, 0.25) is 0 Å². The molecular weight excluding hydrogens is 258 g/mol. The van der Waals surface area contributed by atoms with Crippen LogP contribution >= 0.6 is 11.3 Å². The summed E-state index contributed by atoms with van der Waals surface area (Å²) >= 11 is 1.76. The number of methoxy groups -OCH3 is 1. The van der Waals surface area contributed by atoms with Crippen LogP contribution in [0.15, 0.2) is 23.0 Å². The Kier molecular flexibility index (Phi) is 3.68. The van der Waals surface area contributed by atoms with Crippen molar-refractivity contribution in [2.45, 2.75) is 19.0 Å². The first kappa shape index (κ1) is 12.8. The van der Waals surface area contributed by atoms with Crippen molar-refractivity contribution in [3.05, 3.63) is 39.8 Å². The van der Waals surface area contributed by atoms with Gasteiger partial charge in [0.05, 0.1) is 12.8 Å². The van der Waals surface area contributed by atoms with Gasteiger partial charge in [0.25, 0.3) is 0 Å². The van der Waals surface area contributed by atoms with E-state index in [1.807, 2.05) is 17.9 Å². The van der Waals surface area contributed by atoms with Gasteiger partial charge in [-0.05, 0) is 22.4 Å². The van der Waals surface area contributed by atoms with Crippen LogP contribution in [0.3, 0.4) is 0 Å². The lowest BCUT2D eigenvalue weighted by atomic mass is 9.96. The maximum atomic E-state index is 5.38. The molecule has 3 rings (SSSR count). The molecule has 19 heavy (non-hydrogen) atoms. The third-order valence-corrected chi connectivity index (χ3v) is 4.41. The Bertz CT molecular complexity index is 535. The molecule has 0 aromatic carbocycles. The number of aryl methyl sites for hydroxylation is 1. The summed E-state index contributed by atoms with van der Waals surface area (Å²) < 4.78 is 7.38. The van der Waals surface area contributed by atoms with Gasteiger partial charge in [-0.15, -0.1) is 0 Å². The van der Waals surface area contributed by atoms with E-state index < -0.39 is 0 Å². The van der Waals surface area contributed by atoms with Crippen LogP contribution in [0.4, 0.5) is 0 Å². The van der Waals surface area contributed by atoms with Crippen LogP contribution in [0, 0.1) is 0 Å². The number of thiophene rings is 1. The Morgan fingerprint density at radius 2 is 2.42 bits per heavy atom. The molecule has 2 aromatic rings. The second-order valence-electron chi connectivity index (χ2n) is 5.13. The minimum absolute atomic E-state index is 0.417. The molecule has 5 heteroatoms. The molecule has 4 nitrogen and oxygen atoms in total. The monoisotopic (exact) mass is 277 g/mol. The normalized spacial score (nSPS) is 19.6. The number of rotatable bonds is 4. The fourth-order valence-electron chi connectivity index (χ4n) is 2.94. The average molecular weight is 277 g/mol. The first-order chi connectivity index (χ1) is 9.28. The maximum absolute atomic E-state index is 5.38. The zero-order valence-corrected chi connectivity index (χ0v) is 12.2. The van der Waals surface area contributed by atoms with Crippen molar-refractivity contribution >= 4 is 11.3 Å². The third kappa shape index (κ3) is 2.59. The molecule has 2 aromatic heterocycles. The molecule has 1 atom stereocenters. The summed E-state index contributed by atoms with van der Waals surface area (Å²) in [6, 6.07) is 2.20. The molecule has 0 spiro atoms. The highest BCUT2D eigenvalue weighted by atomic mass is 32.1. The predicted molar refractivity (Wildman–Crippen MR) is 76.3 cm³/mol. The number of ether oxygens (including phenoxy) is 1. The van der Waals surface area contributed by atoms with Crippen LogP contribution in [0.1, 0.15) is 22.7 Å². The highest BCUT2D eigenvalue weighted by molar-refractivity contribution is 7.07. The Morgan fingerprint density at radius 1 is 1.53 bits per heavy atom. The van der Waals surface area contributed by atoms with Gasteiger partial charge in [0.1, 0.15) is 0 Å². The van der Waals surface area contributed by atoms with E-state index in [4.69, 9.17) is 4.74 Å². The minimum atomic E-state index is 0.417. The Balaban J connectivity index is 1.80. The standard InChI is InChI=1S/C14H19N3OS/c1-16-14-12(5-15-16)7-17(8-13(14)9-18-2)6-11-3-4-19-10-11/h3-5,10,13H,6-9H2,1-2H3/t13-/m1/s1. The van der Waals surface area contributed by atoms with E-state index in [0.717, 1.165) is 26.2 Å². The molecule has 0 radical (unpaired) electrons. The van der Waals surface area contributed by atoms with Crippen molar-refractivity contribution in [2.75, 3.05) is 20.3 Å². The van der Waals surface area contributed by atoms with Crippen molar-refractivity contribution in [2.24, 2.45) is 7.05 Å². The lowest BCUT2D eigenvalue weighted by Gasteiger charge is -2.32. The molecular formula is C14H19N3OS. The average Bonchev–Trinajstić information content (AvgIpc) is 3.00. The van der Waals surface area contributed by atoms with Gasteiger partial charge >= 0.3 is 0 Å². The summed E-state index contributed by atoms with van der Waals surface area (Å²) in [5, 5.41) is 8.77. The van der Waals surface area contributed by atoms with Gasteiger partial charge in [-0.3, -0.25) is 9.58 Å². The van der Waals surface area contributed by atoms with Gasteiger partial charge < -0.3 is 4.74 Å². The summed E-state index contributed by atoms with van der Waals surface area (Å²) in [6.07, 6.45) is 2.00. The first-order valence-corrected chi connectivity index (χ1v) is 7.45. The lowest BCUT2D eigenvalue weighted by molar-refractivity contribution is 0.133. The Labute approximate surface area is 117 Å². The summed E-state index contributed by atoms with van der Waals surface area (Å²) in [4.78, 5) is 2.48. The molecule has 0 fully saturated rings. The fourth-order valence-corrected chi connectivity index (χ4v) is 3.60. The van der Waals surface area contributed by atoms with E-state index in [9.17, 15) is 0 Å². The molecule has 1 aliphatic heterocycles. The molecule has 0 aliphatic carbocycles. The largest absolute Gasteiger partial charge is 0.384 e. The topological polar surface area (TPSA) is 30.3 Å². The van der Waals surface area contributed by atoms with Crippen LogP contribution in [0.25, 0.3) is 0 Å². The van der Waals surface area contributed by atoms with Gasteiger partial charge in [-0.2, -0.15) is 16.4 Å². The van der Waals surface area contributed by atoms with E-state index in [0.29, 0.717) is 5.92 Å². The van der Waals surface area contributed by atoms with Crippen molar-refractivity contribution in [3.8, 4) is 0 Å². The number of aromatic nitrogens is 2. The number of hydrogen-bond donors (Lipinski definition) is 0. The van der Waals surface area contributed by atoms with E-state index in [1.54, 1.807) is 18.4 Å². The summed E-state index contributed by atoms with van der Waals surface area (Å²) in [5.74, 6) is 0.417. The van der Waals surface area contributed by atoms with Crippen molar-refractivity contribution in [3.63, 3.8) is 0 Å². The van der Waals surface area contributed by atoms with E-state index in [1.165, 1.54) is 16.8 Å². The molecule has 0 N–H and O–H groups in total. The van der Waals surface area contributed by atoms with Crippen LogP contribution in [0.5, 0.6) is 0 Å². The number of fused-ring (bicyclic) bond motifs is 1. The van der Waals surface area contributed by atoms with Crippen molar-refractivity contribution in [1.82, 2.24) is 14.7 Å². The van der Waals surface area contributed by atoms with Crippen LogP contribution in [-0.2, 0) is 24.9 Å². The number of nitrogens with zero attached hydrogens (tertiary/aromatic N) is 3. The highest BCUT2D eigenvalue weighted by Crippen LogP contribution is 2.29. The van der Waals surface area contributed by atoms with Gasteiger partial charge in [-0.25, -0.2) is 0 Å². The second kappa shape index (κ2) is 5.45. The Hall–Kier alpha value is -1.17. The molecule has 0 saturated carbocycles. The third-order valence-electron chi connectivity index (χ3n) is 3.68. The van der Waals surface area contributed by atoms with Crippen LogP contribution in [-0.4, -0.2) is 34.9 Å². The quantitative estimate of drug-likeness (QED) is 0.858. The summed E-state index contributed by atoms with van der Waals surface area (Å²) in [7, 11) is 3.80. The molecule has 0 unspecified atom stereocenters. The first-order valence-electron chi connectivity index (χ1n) is 6.51. The zero-order chi connectivity index (χ0) is 13.2. The summed E-state index contributed by atoms with van der Waals surface area (Å²) in [6.45, 7) is 3.79. The van der Waals surface area contributed by atoms with Gasteiger partial charge in [0.15, 0.2) is 0 Å². The molecule has 102 valence electrons. The van der Waals surface area contributed by atoms with Crippen molar-refractivity contribution in [1.29, 1.82) is 0 Å². The number of hydrogen-bond acceptors (Lipinski definition) is 4. The molecule has 0 saturated heterocycles. The van der Waals surface area contributed by atoms with E-state index >= 15 is 0 Å². The Morgan fingerprint density at radius 3 is 3.16 bits per heavy atom. The molecule has 0 bridgehead atoms. The van der Waals surface area contributed by atoms with Crippen LogP contribution in [0.2, 0.25) is 0 Å². The van der Waals surface area contributed by atoms with Gasteiger partial charge in [-0.1, -0.05) is 0 Å². The zero-order valence-electron chi connectivity index (χ0n) is 11.4. The molecule has 0 amide bonds. The highest BCUT2D eigenvalue weighted by Gasteiger charge is 2.28. The lowest BCUT2D eigenvalue weighted by Crippen LogP contribution is -2.35. The van der Waals surface area contributed by atoms with E-state index in [-0.39, 0.29) is 0 Å². The summed E-state index contributed by atoms with van der Waals surface area (Å²) in [5.41, 5.74) is 4.07. The molecule has 1 aliphatic rings. The minimum Gasteiger partial charge on any atom is -0.384 e. The van der Waals surface area contributed by atoms with Gasteiger partial charge in [0, 0.05) is 51.0 Å². The SMILES string of the molecule is COC[C@H]1CN(Cc2ccsc2)Cc2cnn(C)c21. The smallest absolute Gasteiger partial charge is 0.0558 e. The van der Waals surface area contributed by atoms with Crippen LogP contribution < -0.4 is 0 Å². The maximum Gasteiger partial charge on any atom is 0.0558 e. The second-order valence-corrected chi connectivity index (χ2v) is 5.91. The fraction of sp³-hybridized carbons (Fsp3) is 0.500. The van der Waals surface area contributed by atoms with E-state index in [2.05, 4.69) is 26.8 Å².